The summed E-state index contributed by atoms with van der Waals surface area (Å²) >= 11 is 3.00. The van der Waals surface area contributed by atoms with Crippen molar-refractivity contribution < 1.29 is 18.0 Å². The molecule has 2 nitrogen and oxygen atoms in total. The van der Waals surface area contributed by atoms with Gasteiger partial charge in [0.2, 0.25) is 0 Å². The first-order valence-electron chi connectivity index (χ1n) is 5.44. The summed E-state index contributed by atoms with van der Waals surface area (Å²) in [6.07, 6.45) is -2.61. The molecule has 2 rings (SSSR count). The molecule has 0 saturated heterocycles. The highest BCUT2D eigenvalue weighted by atomic mass is 79.9. The second-order valence-corrected chi connectivity index (χ2v) is 5.29. The Balaban J connectivity index is 2.32. The molecule has 0 heterocycles. The van der Waals surface area contributed by atoms with E-state index in [4.69, 9.17) is 0 Å². The number of hydrogen-bond donors (Lipinski definition) is 0. The maximum atomic E-state index is 12.6. The topological polar surface area (TPSA) is 20.3 Å². The van der Waals surface area contributed by atoms with Gasteiger partial charge in [0, 0.05) is 23.1 Å². The molecule has 98 valence electrons. The minimum Gasteiger partial charge on any atom is -0.339 e. The van der Waals surface area contributed by atoms with Crippen LogP contribution in [-0.2, 0) is 6.18 Å². The van der Waals surface area contributed by atoms with Gasteiger partial charge >= 0.3 is 6.18 Å². The van der Waals surface area contributed by atoms with E-state index in [9.17, 15) is 18.0 Å². The fourth-order valence-corrected chi connectivity index (χ4v) is 2.20. The van der Waals surface area contributed by atoms with Gasteiger partial charge in [0.15, 0.2) is 0 Å². The highest BCUT2D eigenvalue weighted by molar-refractivity contribution is 9.10. The van der Waals surface area contributed by atoms with Gasteiger partial charge < -0.3 is 4.90 Å². The molecule has 1 fully saturated rings. The molecule has 1 aromatic carbocycles. The Labute approximate surface area is 111 Å². The second kappa shape index (κ2) is 4.57. The van der Waals surface area contributed by atoms with E-state index in [2.05, 4.69) is 15.9 Å². The number of rotatable bonds is 2. The summed E-state index contributed by atoms with van der Waals surface area (Å²) < 4.78 is 38.2. The van der Waals surface area contributed by atoms with E-state index in [0.29, 0.717) is 0 Å². The van der Waals surface area contributed by atoms with E-state index in [-0.39, 0.29) is 22.0 Å². The molecule has 0 radical (unpaired) electrons. The van der Waals surface area contributed by atoms with E-state index in [1.165, 1.54) is 11.0 Å². The first-order chi connectivity index (χ1) is 8.29. The van der Waals surface area contributed by atoms with Crippen molar-refractivity contribution in [2.45, 2.75) is 25.1 Å². The third kappa shape index (κ3) is 2.85. The summed E-state index contributed by atoms with van der Waals surface area (Å²) in [5.74, 6) is -0.371. The zero-order valence-electron chi connectivity index (χ0n) is 9.59. The summed E-state index contributed by atoms with van der Waals surface area (Å²) in [6, 6.07) is 3.45. The predicted molar refractivity (Wildman–Crippen MR) is 64.3 cm³/mol. The average Bonchev–Trinajstić information content (AvgIpc) is 3.08. The van der Waals surface area contributed by atoms with Crippen molar-refractivity contribution in [2.24, 2.45) is 0 Å². The smallest absolute Gasteiger partial charge is 0.339 e. The quantitative estimate of drug-likeness (QED) is 0.813. The highest BCUT2D eigenvalue weighted by Crippen LogP contribution is 2.33. The molecule has 0 unspecified atom stereocenters. The minimum atomic E-state index is -4.45. The Morgan fingerprint density at radius 2 is 1.94 bits per heavy atom. The largest absolute Gasteiger partial charge is 0.416 e. The van der Waals surface area contributed by atoms with Crippen molar-refractivity contribution in [3.05, 3.63) is 33.8 Å². The van der Waals surface area contributed by atoms with Crippen LogP contribution in [0.2, 0.25) is 0 Å². The zero-order chi connectivity index (χ0) is 13.5. The lowest BCUT2D eigenvalue weighted by atomic mass is 10.1. The lowest BCUT2D eigenvalue weighted by Crippen LogP contribution is -2.29. The van der Waals surface area contributed by atoms with Crippen LogP contribution in [0.5, 0.6) is 0 Å². The van der Waals surface area contributed by atoms with Gasteiger partial charge in [-0.3, -0.25) is 4.79 Å². The van der Waals surface area contributed by atoms with Crippen LogP contribution in [0.25, 0.3) is 0 Å². The Bertz CT molecular complexity index is 483. The van der Waals surface area contributed by atoms with Crippen LogP contribution < -0.4 is 0 Å². The van der Waals surface area contributed by atoms with Gasteiger partial charge in [-0.15, -0.1) is 0 Å². The maximum absolute atomic E-state index is 12.6. The Kier molecular flexibility index (Phi) is 3.40. The normalized spacial score (nSPS) is 15.6. The lowest BCUT2D eigenvalue weighted by Gasteiger charge is -2.17. The van der Waals surface area contributed by atoms with Crippen LogP contribution in [0.15, 0.2) is 22.7 Å². The van der Waals surface area contributed by atoms with E-state index >= 15 is 0 Å². The maximum Gasteiger partial charge on any atom is 0.416 e. The summed E-state index contributed by atoms with van der Waals surface area (Å²) in [5.41, 5.74) is -0.754. The molecule has 1 aliphatic carbocycles. The monoisotopic (exact) mass is 321 g/mol. The SMILES string of the molecule is CN(C(=O)c1cc(Br)cc(C(F)(F)F)c1)C1CC1. The number of hydrogen-bond acceptors (Lipinski definition) is 1. The molecule has 1 amide bonds. The van der Waals surface area contributed by atoms with Gasteiger partial charge in [-0.1, -0.05) is 15.9 Å². The van der Waals surface area contributed by atoms with Gasteiger partial charge in [0.25, 0.3) is 5.91 Å². The molecule has 1 aromatic rings. The van der Waals surface area contributed by atoms with Crippen LogP contribution in [0.1, 0.15) is 28.8 Å². The van der Waals surface area contributed by atoms with Crippen LogP contribution in [0.4, 0.5) is 13.2 Å². The minimum absolute atomic E-state index is 0.0612. The van der Waals surface area contributed by atoms with Crippen molar-refractivity contribution in [3.8, 4) is 0 Å². The molecular formula is C12H11BrF3NO. The molecule has 0 bridgehead atoms. The number of nitrogens with zero attached hydrogens (tertiary/aromatic N) is 1. The van der Waals surface area contributed by atoms with Crippen LogP contribution >= 0.6 is 15.9 Å². The fraction of sp³-hybridized carbons (Fsp3) is 0.417. The van der Waals surface area contributed by atoms with E-state index in [1.54, 1.807) is 7.05 Å². The number of benzene rings is 1. The van der Waals surface area contributed by atoms with Crippen LogP contribution in [-0.4, -0.2) is 23.9 Å². The first-order valence-corrected chi connectivity index (χ1v) is 6.23. The summed E-state index contributed by atoms with van der Waals surface area (Å²) in [6.45, 7) is 0. The molecule has 1 aliphatic rings. The first kappa shape index (κ1) is 13.4. The summed E-state index contributed by atoms with van der Waals surface area (Å²) in [4.78, 5) is 13.5. The van der Waals surface area contributed by atoms with E-state index in [1.807, 2.05) is 0 Å². The molecule has 0 spiro atoms. The molecule has 0 atom stereocenters. The van der Waals surface area contributed by atoms with Crippen molar-refractivity contribution in [2.75, 3.05) is 7.05 Å². The zero-order valence-corrected chi connectivity index (χ0v) is 11.2. The Hall–Kier alpha value is -1.04. The van der Waals surface area contributed by atoms with Gasteiger partial charge in [0.05, 0.1) is 5.56 Å². The van der Waals surface area contributed by atoms with Crippen molar-refractivity contribution in [3.63, 3.8) is 0 Å². The fourth-order valence-electron chi connectivity index (χ4n) is 1.71. The van der Waals surface area contributed by atoms with Crippen molar-refractivity contribution >= 4 is 21.8 Å². The standard InChI is InChI=1S/C12H11BrF3NO/c1-17(10-2-3-10)11(18)7-4-8(12(14,15)16)6-9(13)5-7/h4-6,10H,2-3H2,1H3. The lowest BCUT2D eigenvalue weighted by molar-refractivity contribution is -0.137. The number of carbonyl (C=O) groups is 1. The molecule has 6 heteroatoms. The summed E-state index contributed by atoms with van der Waals surface area (Å²) in [7, 11) is 1.62. The number of alkyl halides is 3. The molecular weight excluding hydrogens is 311 g/mol. The van der Waals surface area contributed by atoms with Gasteiger partial charge in [-0.05, 0) is 31.0 Å². The van der Waals surface area contributed by atoms with E-state index < -0.39 is 11.7 Å². The molecule has 0 aliphatic heterocycles. The second-order valence-electron chi connectivity index (χ2n) is 4.37. The van der Waals surface area contributed by atoms with Crippen LogP contribution in [0.3, 0.4) is 0 Å². The Morgan fingerprint density at radius 3 is 2.44 bits per heavy atom. The number of amides is 1. The Morgan fingerprint density at radius 1 is 1.33 bits per heavy atom. The molecule has 18 heavy (non-hydrogen) atoms. The highest BCUT2D eigenvalue weighted by Gasteiger charge is 2.34. The number of carbonyl (C=O) groups excluding carboxylic acids is 1. The van der Waals surface area contributed by atoms with Crippen molar-refractivity contribution in [1.82, 2.24) is 4.90 Å². The third-order valence-corrected chi connectivity index (χ3v) is 3.34. The molecule has 0 N–H and O–H groups in total. The number of halogens is 4. The van der Waals surface area contributed by atoms with Gasteiger partial charge in [0.1, 0.15) is 0 Å². The molecule has 0 aromatic heterocycles. The van der Waals surface area contributed by atoms with Gasteiger partial charge in [-0.25, -0.2) is 0 Å². The average molecular weight is 322 g/mol. The van der Waals surface area contributed by atoms with E-state index in [0.717, 1.165) is 25.0 Å². The summed E-state index contributed by atoms with van der Waals surface area (Å²) in [5, 5.41) is 0. The predicted octanol–water partition coefficient (Wildman–Crippen LogP) is 3.70. The third-order valence-electron chi connectivity index (χ3n) is 2.89. The van der Waals surface area contributed by atoms with Crippen LogP contribution in [0, 0.1) is 0 Å². The van der Waals surface area contributed by atoms with Gasteiger partial charge in [-0.2, -0.15) is 13.2 Å². The van der Waals surface area contributed by atoms with Crippen molar-refractivity contribution in [1.29, 1.82) is 0 Å². The molecule has 1 saturated carbocycles.